The maximum absolute atomic E-state index is 15.1. The molecule has 0 saturated carbocycles. The number of carbonyl (C=O) groups is 2. The monoisotopic (exact) mass is 1200 g/mol. The zero-order chi connectivity index (χ0) is 57.5. The first kappa shape index (κ1) is 60.9. The Morgan fingerprint density at radius 3 is 1.57 bits per heavy atom. The summed E-state index contributed by atoms with van der Waals surface area (Å²) in [5.74, 6) is 1.17. The number of nitrogens with zero attached hydrogens (tertiary/aromatic N) is 1. The van der Waals surface area contributed by atoms with Gasteiger partial charge >= 0.3 is 0 Å². The van der Waals surface area contributed by atoms with Crippen molar-refractivity contribution in [1.29, 1.82) is 0 Å². The van der Waals surface area contributed by atoms with Crippen LogP contribution in [0.25, 0.3) is 60.9 Å². The Kier molecular flexibility index (Phi) is 20.4. The van der Waals surface area contributed by atoms with Gasteiger partial charge in [-0.15, -0.1) is 68.0 Å². The summed E-state index contributed by atoms with van der Waals surface area (Å²) in [6, 6.07) is 37.4. The highest BCUT2D eigenvalue weighted by atomic mass is 32.1. The van der Waals surface area contributed by atoms with Crippen molar-refractivity contribution in [2.45, 2.75) is 208 Å². The van der Waals surface area contributed by atoms with Crippen molar-refractivity contribution in [3.05, 3.63) is 138 Å². The fourth-order valence-electron chi connectivity index (χ4n) is 13.3. The highest BCUT2D eigenvalue weighted by Crippen LogP contribution is 2.59. The summed E-state index contributed by atoms with van der Waals surface area (Å²) in [6.07, 6.45) is 24.1. The average Bonchev–Trinajstić information content (AvgIpc) is 3.20. The maximum atomic E-state index is 15.1. The molecule has 0 fully saturated rings. The predicted octanol–water partition coefficient (Wildman–Crippen LogP) is 24.6. The number of rotatable bonds is 31. The number of fused-ring (bicyclic) bond motifs is 5. The van der Waals surface area contributed by atoms with E-state index in [1.54, 1.807) is 16.2 Å². The summed E-state index contributed by atoms with van der Waals surface area (Å²) in [6.45, 7) is 21.7. The van der Waals surface area contributed by atoms with Crippen molar-refractivity contribution in [2.75, 3.05) is 6.54 Å². The second-order valence-corrected chi connectivity index (χ2v) is 30.8. The van der Waals surface area contributed by atoms with Gasteiger partial charge in [0.2, 0.25) is 0 Å². The molecule has 0 N–H and O–H groups in total. The smallest absolute Gasteiger partial charge is 0.271 e. The molecule has 0 radical (unpaired) electrons. The number of imide groups is 1. The van der Waals surface area contributed by atoms with Crippen LogP contribution in [0, 0.1) is 11.8 Å². The largest absolute Gasteiger partial charge is 0.274 e. The number of hydrogen-bond acceptors (Lipinski definition) is 8. The molecule has 434 valence electrons. The normalized spacial score (nSPS) is 15.1. The van der Waals surface area contributed by atoms with Crippen LogP contribution in [0.5, 0.6) is 0 Å². The minimum Gasteiger partial charge on any atom is -0.274 e. The van der Waals surface area contributed by atoms with Crippen molar-refractivity contribution in [3.8, 4) is 30.6 Å². The predicted molar refractivity (Wildman–Crippen MR) is 366 cm³/mol. The SMILES string of the molecule is CCCCCCCCN1C(=O)c2sc3c(-c4cc5c(-c6ccc(CC(CC)CCCC)s6)c6sc([C@](C)(CCC)c7ccccc7)cc6c(-c6ccc(CC(CC)CCCC)s6)c5s4)sc(C(C)(CCCC)c4ccccc4)c3c2C1=O. The molecule has 10 rings (SSSR count). The third-order valence-corrected chi connectivity index (χ3v) is 26.2. The van der Waals surface area contributed by atoms with Crippen LogP contribution in [-0.4, -0.2) is 23.3 Å². The lowest BCUT2D eigenvalue weighted by atomic mass is 9.76. The van der Waals surface area contributed by atoms with Gasteiger partial charge in [-0.1, -0.05) is 226 Å². The number of amides is 2. The van der Waals surface area contributed by atoms with Crippen LogP contribution in [0.15, 0.2) is 97.1 Å². The summed E-state index contributed by atoms with van der Waals surface area (Å²) < 4.78 is 3.84. The minimum absolute atomic E-state index is 0.0964. The van der Waals surface area contributed by atoms with Crippen LogP contribution >= 0.6 is 68.0 Å². The van der Waals surface area contributed by atoms with Gasteiger partial charge in [0.25, 0.3) is 11.8 Å². The lowest BCUT2D eigenvalue weighted by Crippen LogP contribution is -2.31. The summed E-state index contributed by atoms with van der Waals surface area (Å²) in [4.78, 5) is 42.9. The van der Waals surface area contributed by atoms with E-state index in [1.807, 2.05) is 56.7 Å². The van der Waals surface area contributed by atoms with E-state index in [9.17, 15) is 4.79 Å². The van der Waals surface area contributed by atoms with Gasteiger partial charge in [-0.25, -0.2) is 0 Å². The lowest BCUT2D eigenvalue weighted by Gasteiger charge is -2.30. The van der Waals surface area contributed by atoms with E-state index in [4.69, 9.17) is 0 Å². The second kappa shape index (κ2) is 27.4. The van der Waals surface area contributed by atoms with Gasteiger partial charge in [0.15, 0.2) is 0 Å². The van der Waals surface area contributed by atoms with E-state index >= 15 is 4.79 Å². The number of hydrogen-bond donors (Lipinski definition) is 0. The molecule has 0 bridgehead atoms. The van der Waals surface area contributed by atoms with Crippen LogP contribution < -0.4 is 0 Å². The molecule has 0 saturated heterocycles. The fourth-order valence-corrected chi connectivity index (χ4v) is 21.6. The van der Waals surface area contributed by atoms with Gasteiger partial charge in [-0.05, 0) is 91.5 Å². The number of unbranched alkanes of at least 4 members (excludes halogenated alkanes) is 8. The standard InChI is InChI=1S/C73H89NO2S6/c1-10-17-21-22-23-30-43-74-70(75)63-62-67(81-68(63)71(74)76)66(82-69(62)73(9,42-20-13-4)51-35-28-25-29-36-51)58-46-54-60(56-39-37-52(77-56)44-48(15-6)31-18-11-2)65-55(47-59(80-65)72(8,41-14-5)50-33-26-24-27-34-50)61(64(54)79-58)57-40-38-53(78-57)45-49(16-7)32-19-12-3/h24-29,33-40,46-49H,10-23,30-32,41-45H2,1-9H3/t48?,49?,72-,73?/m1/s1. The third-order valence-electron chi connectivity index (χ3n) is 18.4. The summed E-state index contributed by atoms with van der Waals surface area (Å²) in [5, 5.41) is 3.72. The third kappa shape index (κ3) is 12.1. The first-order valence-electron chi connectivity index (χ1n) is 31.7. The van der Waals surface area contributed by atoms with E-state index in [0.29, 0.717) is 28.8 Å². The van der Waals surface area contributed by atoms with Crippen molar-refractivity contribution in [1.82, 2.24) is 4.90 Å². The highest BCUT2D eigenvalue weighted by Gasteiger charge is 2.44. The van der Waals surface area contributed by atoms with Gasteiger partial charge in [-0.3, -0.25) is 14.5 Å². The molecule has 3 unspecified atom stereocenters. The van der Waals surface area contributed by atoms with Crippen molar-refractivity contribution in [2.24, 2.45) is 11.8 Å². The Labute approximate surface area is 515 Å². The summed E-state index contributed by atoms with van der Waals surface area (Å²) in [7, 11) is 0. The van der Waals surface area contributed by atoms with Crippen LogP contribution in [0.3, 0.4) is 0 Å². The van der Waals surface area contributed by atoms with Crippen LogP contribution in [0.2, 0.25) is 0 Å². The molecule has 9 aromatic rings. The molecule has 0 aliphatic carbocycles. The van der Waals surface area contributed by atoms with Crippen molar-refractivity contribution >= 4 is 110 Å². The molecule has 0 spiro atoms. The Morgan fingerprint density at radius 1 is 0.451 bits per heavy atom. The molecule has 3 aromatic carbocycles. The van der Waals surface area contributed by atoms with Gasteiger partial charge < -0.3 is 0 Å². The van der Waals surface area contributed by atoms with Crippen LogP contribution in [-0.2, 0) is 23.7 Å². The second-order valence-electron chi connectivity index (χ2n) is 24.3. The molecule has 1 aliphatic rings. The van der Waals surface area contributed by atoms with Gasteiger partial charge in [-0.2, -0.15) is 0 Å². The topological polar surface area (TPSA) is 37.4 Å². The van der Waals surface area contributed by atoms with E-state index < -0.39 is 0 Å². The number of thiophene rings is 6. The van der Waals surface area contributed by atoms with E-state index in [0.717, 1.165) is 74.3 Å². The first-order chi connectivity index (χ1) is 39.9. The zero-order valence-electron chi connectivity index (χ0n) is 50.7. The molecule has 6 aromatic heterocycles. The molecule has 3 nitrogen and oxygen atoms in total. The molecule has 7 heterocycles. The molecular formula is C73H89NO2S6. The zero-order valence-corrected chi connectivity index (χ0v) is 55.6. The Bertz CT molecular complexity index is 3470. The molecule has 4 atom stereocenters. The summed E-state index contributed by atoms with van der Waals surface area (Å²) in [5.41, 5.74) is 5.51. The lowest BCUT2D eigenvalue weighted by molar-refractivity contribution is 0.0653. The van der Waals surface area contributed by atoms with Gasteiger partial charge in [0.05, 0.1) is 15.1 Å². The maximum Gasteiger partial charge on any atom is 0.271 e. The van der Waals surface area contributed by atoms with E-state index in [1.165, 1.54) is 152 Å². The highest BCUT2D eigenvalue weighted by molar-refractivity contribution is 7.32. The first-order valence-corrected chi connectivity index (χ1v) is 36.6. The molecule has 1 aliphatic heterocycles. The molecule has 2 amide bonds. The van der Waals surface area contributed by atoms with Crippen molar-refractivity contribution in [3.63, 3.8) is 0 Å². The van der Waals surface area contributed by atoms with Crippen LogP contribution in [0.1, 0.15) is 235 Å². The summed E-state index contributed by atoms with van der Waals surface area (Å²) >= 11 is 11.5. The number of carbonyl (C=O) groups excluding carboxylic acids is 2. The van der Waals surface area contributed by atoms with Crippen LogP contribution in [0.4, 0.5) is 0 Å². The number of benzene rings is 3. The molecular weight excluding hydrogens is 1120 g/mol. The molecule has 9 heteroatoms. The van der Waals surface area contributed by atoms with E-state index in [-0.39, 0.29) is 22.6 Å². The average molecular weight is 1200 g/mol. The molecule has 82 heavy (non-hydrogen) atoms. The Balaban J connectivity index is 1.24. The Hall–Kier alpha value is -4.22. The fraction of sp³-hybridized carbons (Fsp3) is 0.479. The van der Waals surface area contributed by atoms with Gasteiger partial charge in [0, 0.05) is 88.2 Å². The van der Waals surface area contributed by atoms with Gasteiger partial charge in [0.1, 0.15) is 4.88 Å². The van der Waals surface area contributed by atoms with E-state index in [2.05, 4.69) is 159 Å². The Morgan fingerprint density at radius 2 is 1.00 bits per heavy atom. The quantitative estimate of drug-likeness (QED) is 0.0321. The van der Waals surface area contributed by atoms with Crippen molar-refractivity contribution < 1.29 is 9.59 Å². The minimum atomic E-state index is -0.374.